The summed E-state index contributed by atoms with van der Waals surface area (Å²) in [4.78, 5) is 13.1. The van der Waals surface area contributed by atoms with Crippen molar-refractivity contribution in [2.24, 2.45) is 0 Å². The van der Waals surface area contributed by atoms with E-state index in [1.54, 1.807) is 6.07 Å². The van der Waals surface area contributed by atoms with Gasteiger partial charge in [0.1, 0.15) is 5.82 Å². The molecule has 0 radical (unpaired) electrons. The number of halogens is 1. The fraction of sp³-hybridized carbons (Fsp3) is 0.105. The monoisotopic (exact) mass is 325 g/mol. The lowest BCUT2D eigenvalue weighted by atomic mass is 10.1. The summed E-state index contributed by atoms with van der Waals surface area (Å²) in [5.41, 5.74) is 2.85. The Labute approximate surface area is 138 Å². The van der Waals surface area contributed by atoms with Crippen molar-refractivity contribution in [3.63, 3.8) is 0 Å². The highest BCUT2D eigenvalue weighted by molar-refractivity contribution is 7.12. The van der Waals surface area contributed by atoms with Gasteiger partial charge in [0.05, 0.1) is 4.88 Å². The van der Waals surface area contributed by atoms with Crippen molar-refractivity contribution < 1.29 is 9.18 Å². The average molecular weight is 325 g/mol. The number of hydrogen-bond donors (Lipinski definition) is 1. The third kappa shape index (κ3) is 3.85. The minimum atomic E-state index is -0.251. The van der Waals surface area contributed by atoms with Crippen molar-refractivity contribution >= 4 is 17.2 Å². The standard InChI is InChI=1S/C19H16FNOS/c20-16-8-4-5-14(13-16)9-11-21-19(22)18-17(10-12-23-18)15-6-2-1-3-7-15/h1-8,10,12-13H,9,11H2,(H,21,22). The van der Waals surface area contributed by atoms with Gasteiger partial charge in [0, 0.05) is 12.1 Å². The fourth-order valence-electron chi connectivity index (χ4n) is 2.42. The van der Waals surface area contributed by atoms with Crippen molar-refractivity contribution in [2.75, 3.05) is 6.54 Å². The maximum atomic E-state index is 13.1. The highest BCUT2D eigenvalue weighted by atomic mass is 32.1. The minimum absolute atomic E-state index is 0.0877. The molecule has 0 bridgehead atoms. The van der Waals surface area contributed by atoms with Crippen LogP contribution in [0, 0.1) is 5.82 Å². The van der Waals surface area contributed by atoms with Crippen molar-refractivity contribution in [1.82, 2.24) is 5.32 Å². The molecule has 0 atom stereocenters. The Morgan fingerprint density at radius 3 is 2.65 bits per heavy atom. The lowest BCUT2D eigenvalue weighted by molar-refractivity contribution is 0.0959. The molecule has 0 spiro atoms. The normalized spacial score (nSPS) is 10.5. The van der Waals surface area contributed by atoms with Crippen LogP contribution in [0.15, 0.2) is 66.0 Å². The first kappa shape index (κ1) is 15.4. The number of benzene rings is 2. The predicted octanol–water partition coefficient (Wildman–Crippen LogP) is 4.53. The Morgan fingerprint density at radius 2 is 1.87 bits per heavy atom. The van der Waals surface area contributed by atoms with Crippen LogP contribution in [0.1, 0.15) is 15.2 Å². The molecule has 2 aromatic carbocycles. The molecule has 3 aromatic rings. The van der Waals surface area contributed by atoms with E-state index in [4.69, 9.17) is 0 Å². The molecule has 1 heterocycles. The summed E-state index contributed by atoms with van der Waals surface area (Å²) >= 11 is 1.43. The lowest BCUT2D eigenvalue weighted by Gasteiger charge is -2.07. The van der Waals surface area contributed by atoms with Gasteiger partial charge in [0.15, 0.2) is 0 Å². The third-order valence-electron chi connectivity index (χ3n) is 3.54. The lowest BCUT2D eigenvalue weighted by Crippen LogP contribution is -2.25. The molecule has 0 aliphatic carbocycles. The van der Waals surface area contributed by atoms with Crippen LogP contribution in [0.4, 0.5) is 4.39 Å². The van der Waals surface area contributed by atoms with Crippen LogP contribution in [-0.4, -0.2) is 12.5 Å². The molecule has 1 amide bonds. The zero-order valence-electron chi connectivity index (χ0n) is 12.5. The van der Waals surface area contributed by atoms with Gasteiger partial charge in [-0.05, 0) is 41.1 Å². The van der Waals surface area contributed by atoms with Crippen LogP contribution >= 0.6 is 11.3 Å². The number of amides is 1. The maximum Gasteiger partial charge on any atom is 0.261 e. The summed E-state index contributed by atoms with van der Waals surface area (Å²) in [7, 11) is 0. The first-order valence-electron chi connectivity index (χ1n) is 7.39. The Kier molecular flexibility index (Phi) is 4.83. The zero-order chi connectivity index (χ0) is 16.1. The van der Waals surface area contributed by atoms with Gasteiger partial charge in [-0.2, -0.15) is 0 Å². The highest BCUT2D eigenvalue weighted by Gasteiger charge is 2.13. The zero-order valence-corrected chi connectivity index (χ0v) is 13.3. The highest BCUT2D eigenvalue weighted by Crippen LogP contribution is 2.27. The molecular weight excluding hydrogens is 309 g/mol. The van der Waals surface area contributed by atoms with E-state index in [1.807, 2.05) is 47.8 Å². The van der Waals surface area contributed by atoms with Crippen LogP contribution in [0.3, 0.4) is 0 Å². The van der Waals surface area contributed by atoms with Gasteiger partial charge in [0.2, 0.25) is 0 Å². The molecule has 1 N–H and O–H groups in total. The topological polar surface area (TPSA) is 29.1 Å². The second-order valence-corrected chi connectivity index (χ2v) is 6.08. The molecule has 1 aromatic heterocycles. The van der Waals surface area contributed by atoms with Gasteiger partial charge in [-0.3, -0.25) is 4.79 Å². The summed E-state index contributed by atoms with van der Waals surface area (Å²) < 4.78 is 13.1. The first-order valence-corrected chi connectivity index (χ1v) is 8.27. The van der Waals surface area contributed by atoms with E-state index in [0.717, 1.165) is 16.7 Å². The summed E-state index contributed by atoms with van der Waals surface area (Å²) in [5, 5.41) is 4.83. The van der Waals surface area contributed by atoms with Crippen LogP contribution < -0.4 is 5.32 Å². The molecule has 0 aliphatic rings. The number of carbonyl (C=O) groups excluding carboxylic acids is 1. The summed E-state index contributed by atoms with van der Waals surface area (Å²) in [5.74, 6) is -0.339. The van der Waals surface area contributed by atoms with E-state index in [1.165, 1.54) is 23.5 Å². The number of rotatable bonds is 5. The largest absolute Gasteiger partial charge is 0.351 e. The Hall–Kier alpha value is -2.46. The van der Waals surface area contributed by atoms with Gasteiger partial charge in [-0.25, -0.2) is 4.39 Å². The van der Waals surface area contributed by atoms with Crippen molar-refractivity contribution in [3.05, 3.63) is 82.3 Å². The second kappa shape index (κ2) is 7.20. The van der Waals surface area contributed by atoms with E-state index in [9.17, 15) is 9.18 Å². The fourth-order valence-corrected chi connectivity index (χ4v) is 3.26. The molecular formula is C19H16FNOS. The summed E-state index contributed by atoms with van der Waals surface area (Å²) in [6.07, 6.45) is 0.607. The summed E-state index contributed by atoms with van der Waals surface area (Å²) in [6.45, 7) is 0.481. The molecule has 0 saturated heterocycles. The summed E-state index contributed by atoms with van der Waals surface area (Å²) in [6, 6.07) is 18.3. The van der Waals surface area contributed by atoms with E-state index in [2.05, 4.69) is 5.32 Å². The average Bonchev–Trinajstić information content (AvgIpc) is 3.05. The van der Waals surface area contributed by atoms with Crippen LogP contribution in [0.2, 0.25) is 0 Å². The van der Waals surface area contributed by atoms with Gasteiger partial charge in [0.25, 0.3) is 5.91 Å². The second-order valence-electron chi connectivity index (χ2n) is 5.17. The molecule has 0 fully saturated rings. The van der Waals surface area contributed by atoms with E-state index < -0.39 is 0 Å². The van der Waals surface area contributed by atoms with Gasteiger partial charge < -0.3 is 5.32 Å². The first-order chi connectivity index (χ1) is 11.2. The minimum Gasteiger partial charge on any atom is -0.351 e. The van der Waals surface area contributed by atoms with Gasteiger partial charge in [-0.1, -0.05) is 42.5 Å². The molecule has 0 unspecified atom stereocenters. The number of thiophene rings is 1. The Morgan fingerprint density at radius 1 is 1.04 bits per heavy atom. The number of carbonyl (C=O) groups is 1. The number of hydrogen-bond acceptors (Lipinski definition) is 2. The smallest absolute Gasteiger partial charge is 0.261 e. The Balaban J connectivity index is 1.64. The third-order valence-corrected chi connectivity index (χ3v) is 4.46. The quantitative estimate of drug-likeness (QED) is 0.734. The van der Waals surface area contributed by atoms with Crippen molar-refractivity contribution in [1.29, 1.82) is 0 Å². The van der Waals surface area contributed by atoms with Crippen LogP contribution in [0.25, 0.3) is 11.1 Å². The van der Waals surface area contributed by atoms with Crippen LogP contribution in [-0.2, 0) is 6.42 Å². The van der Waals surface area contributed by atoms with Crippen molar-refractivity contribution in [2.45, 2.75) is 6.42 Å². The van der Waals surface area contributed by atoms with Gasteiger partial charge in [-0.15, -0.1) is 11.3 Å². The van der Waals surface area contributed by atoms with Crippen LogP contribution in [0.5, 0.6) is 0 Å². The predicted molar refractivity (Wildman–Crippen MR) is 92.2 cm³/mol. The molecule has 3 rings (SSSR count). The van der Waals surface area contributed by atoms with E-state index >= 15 is 0 Å². The van der Waals surface area contributed by atoms with E-state index in [-0.39, 0.29) is 11.7 Å². The van der Waals surface area contributed by atoms with Crippen molar-refractivity contribution in [3.8, 4) is 11.1 Å². The molecule has 0 saturated carbocycles. The van der Waals surface area contributed by atoms with Gasteiger partial charge >= 0.3 is 0 Å². The molecule has 0 aliphatic heterocycles. The molecule has 23 heavy (non-hydrogen) atoms. The maximum absolute atomic E-state index is 13.1. The Bertz CT molecular complexity index is 798. The molecule has 4 heteroatoms. The van der Waals surface area contributed by atoms with E-state index in [0.29, 0.717) is 17.8 Å². The number of nitrogens with one attached hydrogen (secondary N) is 1. The molecule has 2 nitrogen and oxygen atoms in total. The molecule has 116 valence electrons. The SMILES string of the molecule is O=C(NCCc1cccc(F)c1)c1sccc1-c1ccccc1.